The van der Waals surface area contributed by atoms with Gasteiger partial charge in [0.1, 0.15) is 32.3 Å². The lowest BCUT2D eigenvalue weighted by Crippen LogP contribution is -2.49. The van der Waals surface area contributed by atoms with Gasteiger partial charge in [-0.05, 0) is 17.7 Å². The van der Waals surface area contributed by atoms with Crippen molar-refractivity contribution < 1.29 is 27.6 Å². The summed E-state index contributed by atoms with van der Waals surface area (Å²) < 4.78 is 41.7. The minimum Gasteiger partial charge on any atom is -0.364 e. The predicted octanol–water partition coefficient (Wildman–Crippen LogP) is 2.38. The summed E-state index contributed by atoms with van der Waals surface area (Å²) in [5.74, 6) is -3.01. The number of benzene rings is 2. The summed E-state index contributed by atoms with van der Waals surface area (Å²) in [7, 11) is 0. The summed E-state index contributed by atoms with van der Waals surface area (Å²) in [5, 5.41) is 6.75. The molecule has 8 nitrogen and oxygen atoms in total. The SMILES string of the molecule is NC(=O)c1nn(CC(=O)N(CC(=O)NCc2cccc(F)c2Cl)C(CF)CF)c2ccccc12. The van der Waals surface area contributed by atoms with E-state index in [1.807, 2.05) is 0 Å². The second-order valence-corrected chi connectivity index (χ2v) is 7.74. The second kappa shape index (κ2) is 11.0. The van der Waals surface area contributed by atoms with Crippen LogP contribution in [0.3, 0.4) is 0 Å². The molecular formula is C22H21ClF3N5O3. The molecule has 0 radical (unpaired) electrons. The van der Waals surface area contributed by atoms with Gasteiger partial charge in [0.25, 0.3) is 5.91 Å². The number of amides is 3. The number of hydrogen-bond donors (Lipinski definition) is 2. The van der Waals surface area contributed by atoms with E-state index >= 15 is 0 Å². The Kier molecular flexibility index (Phi) is 8.11. The van der Waals surface area contributed by atoms with Crippen LogP contribution in [0.5, 0.6) is 0 Å². The van der Waals surface area contributed by atoms with Crippen molar-refractivity contribution in [2.75, 3.05) is 19.9 Å². The summed E-state index contributed by atoms with van der Waals surface area (Å²) in [5.41, 5.74) is 5.99. The summed E-state index contributed by atoms with van der Waals surface area (Å²) in [6.45, 7) is -3.76. The van der Waals surface area contributed by atoms with Crippen molar-refractivity contribution in [3.63, 3.8) is 0 Å². The molecule has 0 aliphatic carbocycles. The number of para-hydroxylation sites is 1. The van der Waals surface area contributed by atoms with E-state index in [-0.39, 0.29) is 17.3 Å². The average Bonchev–Trinajstić information content (AvgIpc) is 3.19. The molecule has 0 unspecified atom stereocenters. The van der Waals surface area contributed by atoms with E-state index in [2.05, 4.69) is 10.4 Å². The minimum absolute atomic E-state index is 0.0628. The van der Waals surface area contributed by atoms with E-state index < -0.39 is 56.0 Å². The molecule has 0 atom stereocenters. The molecule has 0 saturated carbocycles. The number of primary amides is 1. The third kappa shape index (κ3) is 5.48. The van der Waals surface area contributed by atoms with Gasteiger partial charge >= 0.3 is 0 Å². The van der Waals surface area contributed by atoms with Crippen LogP contribution in [0.15, 0.2) is 42.5 Å². The van der Waals surface area contributed by atoms with Crippen LogP contribution in [0.1, 0.15) is 16.1 Å². The Hall–Kier alpha value is -3.60. The van der Waals surface area contributed by atoms with Crippen LogP contribution in [-0.4, -0.2) is 58.3 Å². The first-order chi connectivity index (χ1) is 16.3. The van der Waals surface area contributed by atoms with Crippen molar-refractivity contribution in [2.45, 2.75) is 19.1 Å². The molecule has 0 aliphatic heterocycles. The largest absolute Gasteiger partial charge is 0.364 e. The highest BCUT2D eigenvalue weighted by Crippen LogP contribution is 2.20. The van der Waals surface area contributed by atoms with Gasteiger partial charge in [0.15, 0.2) is 5.69 Å². The van der Waals surface area contributed by atoms with Crippen molar-refractivity contribution in [1.29, 1.82) is 0 Å². The molecule has 3 rings (SSSR count). The number of carbonyl (C=O) groups excluding carboxylic acids is 3. The normalized spacial score (nSPS) is 11.1. The maximum Gasteiger partial charge on any atom is 0.269 e. The van der Waals surface area contributed by atoms with Gasteiger partial charge in [-0.3, -0.25) is 19.1 Å². The number of fused-ring (bicyclic) bond motifs is 1. The molecule has 0 bridgehead atoms. The molecule has 0 spiro atoms. The summed E-state index contributed by atoms with van der Waals surface area (Å²) in [6.07, 6.45) is 0. The van der Waals surface area contributed by atoms with Crippen LogP contribution in [0.4, 0.5) is 13.2 Å². The van der Waals surface area contributed by atoms with Crippen LogP contribution < -0.4 is 11.1 Å². The molecule has 1 aromatic heterocycles. The van der Waals surface area contributed by atoms with Crippen LogP contribution in [0.2, 0.25) is 5.02 Å². The number of hydrogen-bond acceptors (Lipinski definition) is 4. The average molecular weight is 496 g/mol. The third-order valence-corrected chi connectivity index (χ3v) is 5.54. The lowest BCUT2D eigenvalue weighted by atomic mass is 10.2. The second-order valence-electron chi connectivity index (χ2n) is 7.36. The zero-order valence-electron chi connectivity index (χ0n) is 17.8. The number of nitrogens with zero attached hydrogens (tertiary/aromatic N) is 3. The third-order valence-electron chi connectivity index (χ3n) is 5.12. The maximum absolute atomic E-state index is 13.6. The van der Waals surface area contributed by atoms with Crippen LogP contribution in [-0.2, 0) is 22.7 Å². The van der Waals surface area contributed by atoms with Crippen molar-refractivity contribution in [2.24, 2.45) is 5.73 Å². The molecule has 0 fully saturated rings. The van der Waals surface area contributed by atoms with Gasteiger partial charge < -0.3 is 16.0 Å². The molecule has 0 saturated heterocycles. The summed E-state index contributed by atoms with van der Waals surface area (Å²) in [6, 6.07) is 9.07. The van der Waals surface area contributed by atoms with E-state index in [1.54, 1.807) is 24.3 Å². The van der Waals surface area contributed by atoms with Crippen LogP contribution in [0.25, 0.3) is 10.9 Å². The highest BCUT2D eigenvalue weighted by molar-refractivity contribution is 6.31. The molecule has 3 N–H and O–H groups in total. The number of rotatable bonds is 10. The van der Waals surface area contributed by atoms with Gasteiger partial charge in [-0.25, -0.2) is 13.2 Å². The summed E-state index contributed by atoms with van der Waals surface area (Å²) in [4.78, 5) is 37.9. The lowest BCUT2D eigenvalue weighted by Gasteiger charge is -2.28. The number of alkyl halides is 2. The fourth-order valence-corrected chi connectivity index (χ4v) is 3.56. The van der Waals surface area contributed by atoms with Gasteiger partial charge in [-0.15, -0.1) is 0 Å². The van der Waals surface area contributed by atoms with Crippen LogP contribution >= 0.6 is 11.6 Å². The first kappa shape index (κ1) is 25.0. The Morgan fingerprint density at radius 3 is 2.50 bits per heavy atom. The smallest absolute Gasteiger partial charge is 0.269 e. The lowest BCUT2D eigenvalue weighted by molar-refractivity contribution is -0.139. The monoisotopic (exact) mass is 495 g/mol. The molecule has 1 heterocycles. The molecule has 180 valence electrons. The molecule has 12 heteroatoms. The Labute approximate surface area is 197 Å². The van der Waals surface area contributed by atoms with Gasteiger partial charge in [0, 0.05) is 11.9 Å². The van der Waals surface area contributed by atoms with E-state index in [1.165, 1.54) is 16.8 Å². The van der Waals surface area contributed by atoms with E-state index in [4.69, 9.17) is 17.3 Å². The fraction of sp³-hybridized carbons (Fsp3) is 0.273. The van der Waals surface area contributed by atoms with Crippen molar-refractivity contribution in [3.05, 3.63) is 64.6 Å². The van der Waals surface area contributed by atoms with Crippen molar-refractivity contribution in [3.8, 4) is 0 Å². The fourth-order valence-electron chi connectivity index (χ4n) is 3.37. The Bertz CT molecular complexity index is 1220. The molecule has 2 aromatic carbocycles. The zero-order valence-corrected chi connectivity index (χ0v) is 18.6. The number of nitrogens with two attached hydrogens (primary N) is 1. The van der Waals surface area contributed by atoms with Crippen LogP contribution in [0, 0.1) is 5.82 Å². The molecule has 34 heavy (non-hydrogen) atoms. The van der Waals surface area contributed by atoms with Gasteiger partial charge in [-0.1, -0.05) is 41.9 Å². The first-order valence-electron chi connectivity index (χ1n) is 10.1. The van der Waals surface area contributed by atoms with Gasteiger partial charge in [0.2, 0.25) is 11.8 Å². The van der Waals surface area contributed by atoms with E-state index in [0.717, 1.165) is 11.0 Å². The van der Waals surface area contributed by atoms with Crippen molar-refractivity contribution in [1.82, 2.24) is 20.0 Å². The van der Waals surface area contributed by atoms with Crippen molar-refractivity contribution >= 4 is 40.2 Å². The highest BCUT2D eigenvalue weighted by atomic mass is 35.5. The Morgan fingerprint density at radius 2 is 1.82 bits per heavy atom. The Morgan fingerprint density at radius 1 is 1.12 bits per heavy atom. The number of carbonyl (C=O) groups is 3. The molecular weight excluding hydrogens is 475 g/mol. The highest BCUT2D eigenvalue weighted by Gasteiger charge is 2.27. The predicted molar refractivity (Wildman–Crippen MR) is 119 cm³/mol. The summed E-state index contributed by atoms with van der Waals surface area (Å²) >= 11 is 5.86. The Balaban J connectivity index is 1.78. The minimum atomic E-state index is -1.51. The molecule has 3 aromatic rings. The molecule has 0 aliphatic rings. The number of nitrogens with one attached hydrogen (secondary N) is 1. The zero-order chi connectivity index (χ0) is 24.8. The van der Waals surface area contributed by atoms with Gasteiger partial charge in [0.05, 0.1) is 16.6 Å². The van der Waals surface area contributed by atoms with E-state index in [9.17, 15) is 27.6 Å². The first-order valence-corrected chi connectivity index (χ1v) is 10.5. The topological polar surface area (TPSA) is 110 Å². The maximum atomic E-state index is 13.6. The quantitative estimate of drug-likeness (QED) is 0.450. The number of halogens is 4. The number of aromatic nitrogens is 2. The van der Waals surface area contributed by atoms with Gasteiger partial charge in [-0.2, -0.15) is 5.10 Å². The van der Waals surface area contributed by atoms with E-state index in [0.29, 0.717) is 16.5 Å². The molecule has 3 amide bonds. The standard InChI is InChI=1S/C22H21ClF3N5O3/c23-20-13(4-3-6-16(20)26)10-28-18(32)11-30(14(8-24)9-25)19(33)12-31-17-7-2-1-5-15(17)21(29-31)22(27)34/h1-7,14H,8-12H2,(H2,27,34)(H,28,32).